The molecule has 0 spiro atoms. The van der Waals surface area contributed by atoms with Crippen molar-refractivity contribution in [3.8, 4) is 0 Å². The van der Waals surface area contributed by atoms with Crippen LogP contribution in [0, 0.1) is 5.92 Å². The van der Waals surface area contributed by atoms with Gasteiger partial charge in [0.05, 0.1) is 18.3 Å². The highest BCUT2D eigenvalue weighted by Crippen LogP contribution is 2.33. The van der Waals surface area contributed by atoms with Crippen LogP contribution >= 0.6 is 0 Å². The van der Waals surface area contributed by atoms with Gasteiger partial charge >= 0.3 is 0 Å². The van der Waals surface area contributed by atoms with Gasteiger partial charge in [-0.25, -0.2) is 0 Å². The first kappa shape index (κ1) is 14.3. The second kappa shape index (κ2) is 6.88. The van der Waals surface area contributed by atoms with Crippen LogP contribution in [0.2, 0.25) is 0 Å². The van der Waals surface area contributed by atoms with E-state index in [4.69, 9.17) is 9.47 Å². The zero-order valence-corrected chi connectivity index (χ0v) is 12.2. The predicted molar refractivity (Wildman–Crippen MR) is 73.8 cm³/mol. The quantitative estimate of drug-likeness (QED) is 0.791. The molecule has 0 aliphatic heterocycles. The smallest absolute Gasteiger partial charge is 0.0990 e. The third-order valence-corrected chi connectivity index (χ3v) is 4.39. The summed E-state index contributed by atoms with van der Waals surface area (Å²) in [6, 6.07) is 0.488. The summed E-state index contributed by atoms with van der Waals surface area (Å²) in [4.78, 5) is 0. The van der Waals surface area contributed by atoms with E-state index in [1.807, 2.05) is 7.05 Å². The van der Waals surface area contributed by atoms with Crippen molar-refractivity contribution in [3.63, 3.8) is 0 Å². The monoisotopic (exact) mass is 255 g/mol. The predicted octanol–water partition coefficient (Wildman–Crippen LogP) is 2.74. The van der Waals surface area contributed by atoms with Crippen LogP contribution in [0.15, 0.2) is 0 Å². The van der Waals surface area contributed by atoms with E-state index in [0.29, 0.717) is 18.2 Å². The second-order valence-electron chi connectivity index (χ2n) is 6.03. The van der Waals surface area contributed by atoms with Gasteiger partial charge in [-0.15, -0.1) is 0 Å². The van der Waals surface area contributed by atoms with Crippen molar-refractivity contribution in [1.29, 1.82) is 0 Å². The van der Waals surface area contributed by atoms with E-state index in [-0.39, 0.29) is 6.10 Å². The molecule has 3 nitrogen and oxygen atoms in total. The Hall–Kier alpha value is -0.120. The highest BCUT2D eigenvalue weighted by molar-refractivity contribution is 4.97. The van der Waals surface area contributed by atoms with Crippen molar-refractivity contribution < 1.29 is 9.47 Å². The lowest BCUT2D eigenvalue weighted by Gasteiger charge is -2.46. The Bertz CT molecular complexity index is 247. The molecule has 1 N–H and O–H groups in total. The first-order valence-corrected chi connectivity index (χ1v) is 7.69. The molecule has 0 heterocycles. The van der Waals surface area contributed by atoms with Gasteiger partial charge in [-0.1, -0.05) is 26.7 Å². The SMILES string of the molecule is CCCOC1C(NC)CC1OC1CCCC(C)C1. The molecule has 0 aromatic heterocycles. The van der Waals surface area contributed by atoms with Crippen molar-refractivity contribution in [2.24, 2.45) is 5.92 Å². The fourth-order valence-electron chi connectivity index (χ4n) is 3.22. The van der Waals surface area contributed by atoms with Gasteiger partial charge in [-0.2, -0.15) is 0 Å². The van der Waals surface area contributed by atoms with E-state index in [1.54, 1.807) is 0 Å². The lowest BCUT2D eigenvalue weighted by molar-refractivity contribution is -0.173. The van der Waals surface area contributed by atoms with Gasteiger partial charge in [0.25, 0.3) is 0 Å². The lowest BCUT2D eigenvalue weighted by Crippen LogP contribution is -2.60. The van der Waals surface area contributed by atoms with Gasteiger partial charge in [-0.3, -0.25) is 0 Å². The molecule has 0 aromatic carbocycles. The Kier molecular flexibility index (Phi) is 5.46. The van der Waals surface area contributed by atoms with Crippen LogP contribution in [0.25, 0.3) is 0 Å². The number of nitrogens with one attached hydrogen (secondary N) is 1. The van der Waals surface area contributed by atoms with Gasteiger partial charge in [0.2, 0.25) is 0 Å². The molecule has 2 fully saturated rings. The van der Waals surface area contributed by atoms with Gasteiger partial charge in [0, 0.05) is 12.6 Å². The third kappa shape index (κ3) is 3.46. The molecular weight excluding hydrogens is 226 g/mol. The second-order valence-corrected chi connectivity index (χ2v) is 6.03. The maximum absolute atomic E-state index is 6.27. The van der Waals surface area contributed by atoms with Crippen LogP contribution in [-0.4, -0.2) is 38.0 Å². The maximum atomic E-state index is 6.27. The highest BCUT2D eigenvalue weighted by Gasteiger charge is 2.43. The first-order chi connectivity index (χ1) is 8.74. The van der Waals surface area contributed by atoms with E-state index in [9.17, 15) is 0 Å². The molecule has 0 saturated heterocycles. The average molecular weight is 255 g/mol. The summed E-state index contributed by atoms with van der Waals surface area (Å²) in [5.74, 6) is 0.832. The molecule has 0 radical (unpaired) electrons. The van der Waals surface area contributed by atoms with E-state index >= 15 is 0 Å². The van der Waals surface area contributed by atoms with Crippen molar-refractivity contribution in [2.75, 3.05) is 13.7 Å². The normalized spacial score (nSPS) is 40.5. The van der Waals surface area contributed by atoms with E-state index in [2.05, 4.69) is 19.2 Å². The summed E-state index contributed by atoms with van der Waals surface area (Å²) in [7, 11) is 2.02. The first-order valence-electron chi connectivity index (χ1n) is 7.69. The third-order valence-electron chi connectivity index (χ3n) is 4.39. The Balaban J connectivity index is 1.77. The summed E-state index contributed by atoms with van der Waals surface area (Å²) < 4.78 is 12.2. The van der Waals surface area contributed by atoms with Crippen molar-refractivity contribution in [2.45, 2.75) is 76.7 Å². The number of rotatable bonds is 6. The fraction of sp³-hybridized carbons (Fsp3) is 1.00. The minimum absolute atomic E-state index is 0.271. The maximum Gasteiger partial charge on any atom is 0.0990 e. The van der Waals surface area contributed by atoms with Crippen LogP contribution in [0.3, 0.4) is 0 Å². The average Bonchev–Trinajstić information content (AvgIpc) is 2.34. The Labute approximate surface area is 112 Å². The van der Waals surface area contributed by atoms with Crippen LogP contribution in [-0.2, 0) is 9.47 Å². The Morgan fingerprint density at radius 2 is 2.06 bits per heavy atom. The summed E-state index contributed by atoms with van der Waals surface area (Å²) in [5, 5.41) is 3.33. The van der Waals surface area contributed by atoms with E-state index < -0.39 is 0 Å². The molecule has 5 atom stereocenters. The molecule has 2 saturated carbocycles. The van der Waals surface area contributed by atoms with Crippen molar-refractivity contribution in [1.82, 2.24) is 5.32 Å². The fourth-order valence-corrected chi connectivity index (χ4v) is 3.22. The molecule has 2 aliphatic carbocycles. The minimum Gasteiger partial charge on any atom is -0.374 e. The molecule has 0 bridgehead atoms. The zero-order chi connectivity index (χ0) is 13.0. The summed E-state index contributed by atoms with van der Waals surface area (Å²) in [5.41, 5.74) is 0. The summed E-state index contributed by atoms with van der Waals surface area (Å²) in [6.07, 6.45) is 8.44. The van der Waals surface area contributed by atoms with Crippen LogP contribution in [0.1, 0.15) is 52.4 Å². The largest absolute Gasteiger partial charge is 0.374 e. The molecular formula is C15H29NO2. The molecule has 106 valence electrons. The molecule has 3 heteroatoms. The zero-order valence-electron chi connectivity index (χ0n) is 12.2. The van der Waals surface area contributed by atoms with E-state index in [1.165, 1.54) is 25.7 Å². The molecule has 18 heavy (non-hydrogen) atoms. The van der Waals surface area contributed by atoms with Gasteiger partial charge < -0.3 is 14.8 Å². The van der Waals surface area contributed by atoms with Crippen LogP contribution in [0.4, 0.5) is 0 Å². The highest BCUT2D eigenvalue weighted by atomic mass is 16.6. The molecule has 2 rings (SSSR count). The van der Waals surface area contributed by atoms with Gasteiger partial charge in [0.1, 0.15) is 0 Å². The lowest BCUT2D eigenvalue weighted by atomic mass is 9.83. The standard InChI is InChI=1S/C15H29NO2/c1-4-8-17-15-13(16-3)10-14(15)18-12-7-5-6-11(2)9-12/h11-16H,4-10H2,1-3H3. The summed E-state index contributed by atoms with van der Waals surface area (Å²) >= 11 is 0. The molecule has 2 aliphatic rings. The van der Waals surface area contributed by atoms with Crippen molar-refractivity contribution in [3.05, 3.63) is 0 Å². The van der Waals surface area contributed by atoms with Crippen LogP contribution < -0.4 is 5.32 Å². The number of ether oxygens (including phenoxy) is 2. The van der Waals surface area contributed by atoms with E-state index in [0.717, 1.165) is 25.4 Å². The van der Waals surface area contributed by atoms with Gasteiger partial charge in [-0.05, 0) is 38.6 Å². The van der Waals surface area contributed by atoms with Gasteiger partial charge in [0.15, 0.2) is 0 Å². The number of likely N-dealkylation sites (N-methyl/N-ethyl adjacent to an activating group) is 1. The topological polar surface area (TPSA) is 30.5 Å². The van der Waals surface area contributed by atoms with Crippen molar-refractivity contribution >= 4 is 0 Å². The molecule has 5 unspecified atom stereocenters. The number of hydrogen-bond donors (Lipinski definition) is 1. The number of hydrogen-bond acceptors (Lipinski definition) is 3. The summed E-state index contributed by atoms with van der Waals surface area (Å²) in [6.45, 7) is 5.35. The Morgan fingerprint density at radius 3 is 2.72 bits per heavy atom. The molecule has 0 amide bonds. The Morgan fingerprint density at radius 1 is 1.22 bits per heavy atom. The minimum atomic E-state index is 0.271. The molecule has 0 aromatic rings. The van der Waals surface area contributed by atoms with Crippen LogP contribution in [0.5, 0.6) is 0 Å².